The van der Waals surface area contributed by atoms with Crippen molar-refractivity contribution in [3.63, 3.8) is 0 Å². The third kappa shape index (κ3) is 3.71. The number of nitrogens with zero attached hydrogens (tertiary/aromatic N) is 3. The highest BCUT2D eigenvalue weighted by atomic mass is 32.1. The van der Waals surface area contributed by atoms with Gasteiger partial charge in [0.15, 0.2) is 0 Å². The molecule has 1 unspecified atom stereocenters. The molecule has 0 aliphatic rings. The van der Waals surface area contributed by atoms with Gasteiger partial charge in [0.1, 0.15) is 4.88 Å². The minimum Gasteiger partial charge on any atom is -0.393 e. The molecule has 1 aromatic heterocycles. The molecule has 0 aliphatic carbocycles. The van der Waals surface area contributed by atoms with Gasteiger partial charge < -0.3 is 10.6 Å². The fourth-order valence-electron chi connectivity index (χ4n) is 1.56. The summed E-state index contributed by atoms with van der Waals surface area (Å²) in [5.41, 5.74) is 6.28. The summed E-state index contributed by atoms with van der Waals surface area (Å²) < 4.78 is 3.86. The van der Waals surface area contributed by atoms with E-state index < -0.39 is 0 Å². The van der Waals surface area contributed by atoms with Gasteiger partial charge in [0.05, 0.1) is 10.7 Å². The van der Waals surface area contributed by atoms with E-state index in [0.29, 0.717) is 16.3 Å². The van der Waals surface area contributed by atoms with Crippen LogP contribution in [0.3, 0.4) is 0 Å². The molecule has 1 aromatic rings. The highest BCUT2D eigenvalue weighted by molar-refractivity contribution is 7.80. The maximum absolute atomic E-state index is 12.3. The lowest BCUT2D eigenvalue weighted by molar-refractivity contribution is 0.0751. The standard InChI is InChI=1S/C11H18N4OS2/c1-4-5-8-10(18-14-13-8)11(16)15(3)7(2)6-9(12)17/h7H,4-6H2,1-3H3,(H2,12,17). The van der Waals surface area contributed by atoms with E-state index in [4.69, 9.17) is 18.0 Å². The van der Waals surface area contributed by atoms with E-state index in [1.807, 2.05) is 13.8 Å². The second-order valence-electron chi connectivity index (χ2n) is 4.23. The van der Waals surface area contributed by atoms with Crippen LogP contribution in [-0.4, -0.2) is 38.5 Å². The molecule has 0 bridgehead atoms. The maximum atomic E-state index is 12.3. The minimum atomic E-state index is -0.0581. The monoisotopic (exact) mass is 286 g/mol. The summed E-state index contributed by atoms with van der Waals surface area (Å²) in [6.45, 7) is 3.97. The van der Waals surface area contributed by atoms with Crippen molar-refractivity contribution in [1.29, 1.82) is 0 Å². The number of nitrogens with two attached hydrogens (primary N) is 1. The van der Waals surface area contributed by atoms with Crippen LogP contribution in [0.15, 0.2) is 0 Å². The molecule has 0 aliphatic heterocycles. The van der Waals surface area contributed by atoms with Crippen LogP contribution in [0, 0.1) is 0 Å². The van der Waals surface area contributed by atoms with Crippen LogP contribution in [-0.2, 0) is 6.42 Å². The van der Waals surface area contributed by atoms with Crippen molar-refractivity contribution in [3.8, 4) is 0 Å². The number of hydrogen-bond acceptors (Lipinski definition) is 5. The van der Waals surface area contributed by atoms with Gasteiger partial charge in [0.25, 0.3) is 5.91 Å². The van der Waals surface area contributed by atoms with Crippen molar-refractivity contribution < 1.29 is 4.79 Å². The number of carbonyl (C=O) groups is 1. The largest absolute Gasteiger partial charge is 0.393 e. The molecule has 18 heavy (non-hydrogen) atoms. The van der Waals surface area contributed by atoms with Crippen LogP contribution >= 0.6 is 23.8 Å². The zero-order valence-electron chi connectivity index (χ0n) is 10.8. The normalized spacial score (nSPS) is 12.2. The summed E-state index contributed by atoms with van der Waals surface area (Å²) in [5.74, 6) is -0.0581. The van der Waals surface area contributed by atoms with Crippen LogP contribution in [0.5, 0.6) is 0 Å². The summed E-state index contributed by atoms with van der Waals surface area (Å²) >= 11 is 6.01. The molecule has 7 heteroatoms. The predicted octanol–water partition coefficient (Wildman–Crippen LogP) is 1.63. The van der Waals surface area contributed by atoms with Gasteiger partial charge in [-0.25, -0.2) is 0 Å². The van der Waals surface area contributed by atoms with E-state index in [1.54, 1.807) is 11.9 Å². The van der Waals surface area contributed by atoms with Crippen molar-refractivity contribution >= 4 is 34.6 Å². The molecule has 1 rings (SSSR count). The highest BCUT2D eigenvalue weighted by Gasteiger charge is 2.23. The molecule has 5 nitrogen and oxygen atoms in total. The van der Waals surface area contributed by atoms with Crippen LogP contribution in [0.1, 0.15) is 42.1 Å². The van der Waals surface area contributed by atoms with Gasteiger partial charge in [-0.1, -0.05) is 30.1 Å². The third-order valence-electron chi connectivity index (χ3n) is 2.71. The van der Waals surface area contributed by atoms with Gasteiger partial charge in [0, 0.05) is 19.5 Å². The van der Waals surface area contributed by atoms with E-state index in [1.165, 1.54) is 0 Å². The molecule has 2 N–H and O–H groups in total. The maximum Gasteiger partial charge on any atom is 0.267 e. The lowest BCUT2D eigenvalue weighted by Crippen LogP contribution is -2.37. The average Bonchev–Trinajstić information content (AvgIpc) is 2.75. The topological polar surface area (TPSA) is 72.1 Å². The Morgan fingerprint density at radius 3 is 2.83 bits per heavy atom. The molecular formula is C11H18N4OS2. The first-order valence-corrected chi connectivity index (χ1v) is 7.02. The van der Waals surface area contributed by atoms with E-state index in [2.05, 4.69) is 9.59 Å². The molecule has 0 saturated heterocycles. The lowest BCUT2D eigenvalue weighted by atomic mass is 10.2. The fourth-order valence-corrected chi connectivity index (χ4v) is 2.49. The zero-order valence-corrected chi connectivity index (χ0v) is 12.5. The Morgan fingerprint density at radius 2 is 2.28 bits per heavy atom. The van der Waals surface area contributed by atoms with Gasteiger partial charge in [-0.3, -0.25) is 4.79 Å². The summed E-state index contributed by atoms with van der Waals surface area (Å²) in [6.07, 6.45) is 2.24. The summed E-state index contributed by atoms with van der Waals surface area (Å²) in [5, 5.41) is 4.00. The van der Waals surface area contributed by atoms with E-state index in [-0.39, 0.29) is 11.9 Å². The van der Waals surface area contributed by atoms with Crippen molar-refractivity contribution in [2.24, 2.45) is 5.73 Å². The SMILES string of the molecule is CCCc1nnsc1C(=O)N(C)C(C)CC(N)=S. The number of rotatable bonds is 6. The highest BCUT2D eigenvalue weighted by Crippen LogP contribution is 2.16. The summed E-state index contributed by atoms with van der Waals surface area (Å²) in [7, 11) is 1.75. The summed E-state index contributed by atoms with van der Waals surface area (Å²) in [6, 6.07) is -0.0217. The van der Waals surface area contributed by atoms with E-state index >= 15 is 0 Å². The second kappa shape index (κ2) is 6.75. The molecule has 100 valence electrons. The Hall–Kier alpha value is -1.08. The van der Waals surface area contributed by atoms with E-state index in [9.17, 15) is 4.79 Å². The first kappa shape index (κ1) is 15.0. The smallest absolute Gasteiger partial charge is 0.267 e. The van der Waals surface area contributed by atoms with E-state index in [0.717, 1.165) is 30.1 Å². The Balaban J connectivity index is 2.79. The predicted molar refractivity (Wildman–Crippen MR) is 76.9 cm³/mol. The lowest BCUT2D eigenvalue weighted by Gasteiger charge is -2.24. The summed E-state index contributed by atoms with van der Waals surface area (Å²) in [4.78, 5) is 15.0. The van der Waals surface area contributed by atoms with Crippen LogP contribution < -0.4 is 5.73 Å². The molecule has 0 spiro atoms. The molecule has 0 aromatic carbocycles. The fraction of sp³-hybridized carbons (Fsp3) is 0.636. The third-order valence-corrected chi connectivity index (χ3v) is 3.64. The molecule has 0 fully saturated rings. The second-order valence-corrected chi connectivity index (χ2v) is 5.51. The Morgan fingerprint density at radius 1 is 1.61 bits per heavy atom. The number of hydrogen-bond donors (Lipinski definition) is 1. The first-order valence-electron chi connectivity index (χ1n) is 5.84. The Kier molecular flexibility index (Phi) is 5.61. The van der Waals surface area contributed by atoms with Gasteiger partial charge in [-0.05, 0) is 24.9 Å². The molecule has 1 atom stereocenters. The van der Waals surface area contributed by atoms with Gasteiger partial charge >= 0.3 is 0 Å². The van der Waals surface area contributed by atoms with Crippen LogP contribution in [0.4, 0.5) is 0 Å². The van der Waals surface area contributed by atoms with Crippen molar-refractivity contribution in [2.45, 2.75) is 39.2 Å². The van der Waals surface area contributed by atoms with Gasteiger partial charge in [0.2, 0.25) is 0 Å². The number of aromatic nitrogens is 2. The zero-order chi connectivity index (χ0) is 13.7. The number of carbonyl (C=O) groups excluding carboxylic acids is 1. The first-order chi connectivity index (χ1) is 8.47. The average molecular weight is 286 g/mol. The van der Waals surface area contributed by atoms with Gasteiger partial charge in [-0.2, -0.15) is 0 Å². The van der Waals surface area contributed by atoms with Crippen molar-refractivity contribution in [1.82, 2.24) is 14.5 Å². The quantitative estimate of drug-likeness (QED) is 0.805. The Labute approximate surface area is 117 Å². The molecule has 1 amide bonds. The van der Waals surface area contributed by atoms with Crippen LogP contribution in [0.25, 0.3) is 0 Å². The molecule has 0 saturated carbocycles. The number of thiocarbonyl (C=S) groups is 1. The number of amides is 1. The number of aryl methyl sites for hydroxylation is 1. The molecule has 1 heterocycles. The van der Waals surface area contributed by atoms with Crippen molar-refractivity contribution in [3.05, 3.63) is 10.6 Å². The van der Waals surface area contributed by atoms with Crippen LogP contribution in [0.2, 0.25) is 0 Å². The molecule has 0 radical (unpaired) electrons. The molecular weight excluding hydrogens is 268 g/mol. The van der Waals surface area contributed by atoms with Gasteiger partial charge in [-0.15, -0.1) is 5.10 Å². The minimum absolute atomic E-state index is 0.0217. The Bertz CT molecular complexity index is 432. The van der Waals surface area contributed by atoms with Crippen molar-refractivity contribution in [2.75, 3.05) is 7.05 Å².